The van der Waals surface area contributed by atoms with Crippen LogP contribution < -0.4 is 10.6 Å². The van der Waals surface area contributed by atoms with Crippen LogP contribution in [0.25, 0.3) is 10.6 Å². The largest absolute Gasteiger partial charge is 0.344 e. The Bertz CT molecular complexity index is 1030. The third kappa shape index (κ3) is 5.70. The number of rotatable bonds is 7. The van der Waals surface area contributed by atoms with Crippen LogP contribution in [-0.4, -0.2) is 28.1 Å². The van der Waals surface area contributed by atoms with Gasteiger partial charge in [-0.15, -0.1) is 10.2 Å². The molecule has 0 radical (unpaired) electrons. The minimum atomic E-state index is -0.732. The molecular weight excluding hydrogens is 403 g/mol. The van der Waals surface area contributed by atoms with Gasteiger partial charge < -0.3 is 5.32 Å². The first-order valence-electron chi connectivity index (χ1n) is 9.57. The van der Waals surface area contributed by atoms with Crippen LogP contribution in [0.1, 0.15) is 25.0 Å². The van der Waals surface area contributed by atoms with E-state index in [9.17, 15) is 14.0 Å². The number of amides is 2. The second-order valence-electron chi connectivity index (χ2n) is 7.36. The number of aromatic nitrogens is 2. The predicted octanol–water partition coefficient (Wildman–Crippen LogP) is 3.97. The maximum atomic E-state index is 13.0. The standard InChI is InChI=1S/C22H23FN4O2S/c1-13(2)19(24-18(28)12-15-7-9-17(23)10-8-15)20(29)25-22-27-26-21(30-22)16-6-4-5-14(3)11-16/h4-11,13,19H,12H2,1-3H3,(H,24,28)(H,25,27,29). The van der Waals surface area contributed by atoms with Crippen LogP contribution in [0.4, 0.5) is 9.52 Å². The zero-order valence-electron chi connectivity index (χ0n) is 17.0. The number of carbonyl (C=O) groups excluding carboxylic acids is 2. The van der Waals surface area contributed by atoms with Gasteiger partial charge in [-0.1, -0.05) is 61.1 Å². The summed E-state index contributed by atoms with van der Waals surface area (Å²) in [5.41, 5.74) is 2.71. The molecule has 1 heterocycles. The number of hydrogen-bond acceptors (Lipinski definition) is 5. The lowest BCUT2D eigenvalue weighted by Crippen LogP contribution is -2.47. The fraction of sp³-hybridized carbons (Fsp3) is 0.273. The molecule has 3 aromatic rings. The molecule has 1 unspecified atom stereocenters. The zero-order valence-corrected chi connectivity index (χ0v) is 17.8. The predicted molar refractivity (Wildman–Crippen MR) is 116 cm³/mol. The molecule has 30 heavy (non-hydrogen) atoms. The highest BCUT2D eigenvalue weighted by Gasteiger charge is 2.25. The molecule has 0 saturated heterocycles. The molecule has 0 saturated carbocycles. The second kappa shape index (κ2) is 9.58. The van der Waals surface area contributed by atoms with E-state index in [0.29, 0.717) is 15.7 Å². The monoisotopic (exact) mass is 426 g/mol. The van der Waals surface area contributed by atoms with Gasteiger partial charge >= 0.3 is 0 Å². The van der Waals surface area contributed by atoms with Gasteiger partial charge in [0.25, 0.3) is 0 Å². The van der Waals surface area contributed by atoms with Crippen molar-refractivity contribution in [3.8, 4) is 10.6 Å². The maximum absolute atomic E-state index is 13.0. The summed E-state index contributed by atoms with van der Waals surface area (Å²) in [7, 11) is 0. The highest BCUT2D eigenvalue weighted by molar-refractivity contribution is 7.18. The van der Waals surface area contributed by atoms with E-state index in [1.54, 1.807) is 12.1 Å². The molecule has 156 valence electrons. The average molecular weight is 427 g/mol. The molecule has 1 aromatic heterocycles. The van der Waals surface area contributed by atoms with Gasteiger partial charge in [0.1, 0.15) is 16.9 Å². The number of carbonyl (C=O) groups is 2. The summed E-state index contributed by atoms with van der Waals surface area (Å²) in [6, 6.07) is 12.8. The third-order valence-electron chi connectivity index (χ3n) is 4.46. The van der Waals surface area contributed by atoms with Crippen molar-refractivity contribution in [1.82, 2.24) is 15.5 Å². The average Bonchev–Trinajstić information content (AvgIpc) is 3.16. The summed E-state index contributed by atoms with van der Waals surface area (Å²) >= 11 is 1.27. The summed E-state index contributed by atoms with van der Waals surface area (Å²) < 4.78 is 13.0. The minimum Gasteiger partial charge on any atom is -0.344 e. The number of nitrogens with zero attached hydrogens (tertiary/aromatic N) is 2. The third-order valence-corrected chi connectivity index (χ3v) is 5.35. The molecule has 0 aliphatic carbocycles. The van der Waals surface area contributed by atoms with Gasteiger partial charge in [-0.05, 0) is 36.6 Å². The molecule has 0 spiro atoms. The molecule has 6 nitrogen and oxygen atoms in total. The lowest BCUT2D eigenvalue weighted by molar-refractivity contribution is -0.127. The van der Waals surface area contributed by atoms with E-state index in [0.717, 1.165) is 11.1 Å². The zero-order chi connectivity index (χ0) is 21.7. The molecule has 0 aliphatic rings. The van der Waals surface area contributed by atoms with Gasteiger partial charge in [-0.2, -0.15) is 0 Å². The summed E-state index contributed by atoms with van der Waals surface area (Å²) in [5, 5.41) is 14.8. The number of nitrogens with one attached hydrogen (secondary N) is 2. The number of anilines is 1. The summed E-state index contributed by atoms with van der Waals surface area (Å²) in [4.78, 5) is 25.1. The second-order valence-corrected chi connectivity index (χ2v) is 8.34. The Balaban J connectivity index is 1.64. The normalized spacial score (nSPS) is 11.9. The van der Waals surface area contributed by atoms with Gasteiger partial charge in [0.05, 0.1) is 6.42 Å². The molecule has 0 aliphatic heterocycles. The van der Waals surface area contributed by atoms with Crippen molar-refractivity contribution in [3.05, 3.63) is 65.5 Å². The minimum absolute atomic E-state index is 0.0626. The smallest absolute Gasteiger partial charge is 0.249 e. The lowest BCUT2D eigenvalue weighted by Gasteiger charge is -2.21. The van der Waals surface area contributed by atoms with Crippen LogP contribution in [0.2, 0.25) is 0 Å². The fourth-order valence-electron chi connectivity index (χ4n) is 2.90. The first kappa shape index (κ1) is 21.6. The first-order chi connectivity index (χ1) is 14.3. The van der Waals surface area contributed by atoms with Crippen LogP contribution >= 0.6 is 11.3 Å². The SMILES string of the molecule is Cc1cccc(-c2nnc(NC(=O)C(NC(=O)Cc3ccc(F)cc3)C(C)C)s2)c1. The highest BCUT2D eigenvalue weighted by Crippen LogP contribution is 2.27. The van der Waals surface area contributed by atoms with Crippen molar-refractivity contribution in [1.29, 1.82) is 0 Å². The van der Waals surface area contributed by atoms with Crippen LogP contribution in [-0.2, 0) is 16.0 Å². The van der Waals surface area contributed by atoms with E-state index in [1.165, 1.54) is 23.5 Å². The molecule has 0 bridgehead atoms. The fourth-order valence-corrected chi connectivity index (χ4v) is 3.64. The molecular formula is C22H23FN4O2S. The molecule has 8 heteroatoms. The molecule has 0 fully saturated rings. The Morgan fingerprint density at radius 1 is 1.10 bits per heavy atom. The maximum Gasteiger partial charge on any atom is 0.249 e. The number of benzene rings is 2. The van der Waals surface area contributed by atoms with E-state index in [-0.39, 0.29) is 30.0 Å². The first-order valence-corrected chi connectivity index (χ1v) is 10.4. The van der Waals surface area contributed by atoms with Crippen molar-refractivity contribution in [2.75, 3.05) is 5.32 Å². The Hall–Kier alpha value is -3.13. The van der Waals surface area contributed by atoms with Gasteiger partial charge in [0, 0.05) is 5.56 Å². The van der Waals surface area contributed by atoms with Crippen LogP contribution in [0.15, 0.2) is 48.5 Å². The van der Waals surface area contributed by atoms with Crippen LogP contribution in [0.5, 0.6) is 0 Å². The van der Waals surface area contributed by atoms with E-state index in [1.807, 2.05) is 45.0 Å². The summed E-state index contributed by atoms with van der Waals surface area (Å²) in [6.07, 6.45) is 0.0626. The molecule has 2 aromatic carbocycles. The van der Waals surface area contributed by atoms with E-state index >= 15 is 0 Å². The van der Waals surface area contributed by atoms with Gasteiger partial charge in [0.2, 0.25) is 16.9 Å². The highest BCUT2D eigenvalue weighted by atomic mass is 32.1. The van der Waals surface area contributed by atoms with Crippen molar-refractivity contribution in [2.45, 2.75) is 33.2 Å². The quantitative estimate of drug-likeness (QED) is 0.599. The molecule has 3 rings (SSSR count). The van der Waals surface area contributed by atoms with Gasteiger partial charge in [0.15, 0.2) is 0 Å². The van der Waals surface area contributed by atoms with Crippen molar-refractivity contribution < 1.29 is 14.0 Å². The number of halogens is 1. The molecule has 1 atom stereocenters. The van der Waals surface area contributed by atoms with Crippen LogP contribution in [0, 0.1) is 18.7 Å². The Morgan fingerprint density at radius 3 is 2.50 bits per heavy atom. The number of hydrogen-bond donors (Lipinski definition) is 2. The lowest BCUT2D eigenvalue weighted by atomic mass is 10.0. The topological polar surface area (TPSA) is 84.0 Å². The summed E-state index contributed by atoms with van der Waals surface area (Å²) in [6.45, 7) is 5.69. The molecule has 2 N–H and O–H groups in total. The Kier molecular flexibility index (Phi) is 6.89. The Labute approximate surface area is 178 Å². The van der Waals surface area contributed by atoms with Crippen molar-refractivity contribution >= 4 is 28.3 Å². The van der Waals surface area contributed by atoms with Crippen LogP contribution in [0.3, 0.4) is 0 Å². The molecule has 2 amide bonds. The van der Waals surface area contributed by atoms with E-state index < -0.39 is 6.04 Å². The number of aryl methyl sites for hydroxylation is 1. The van der Waals surface area contributed by atoms with Crippen molar-refractivity contribution in [2.24, 2.45) is 5.92 Å². The summed E-state index contributed by atoms with van der Waals surface area (Å²) in [5.74, 6) is -1.16. The van der Waals surface area contributed by atoms with Gasteiger partial charge in [-0.25, -0.2) is 4.39 Å². The Morgan fingerprint density at radius 2 is 1.83 bits per heavy atom. The van der Waals surface area contributed by atoms with Gasteiger partial charge in [-0.3, -0.25) is 14.9 Å². The van der Waals surface area contributed by atoms with E-state index in [2.05, 4.69) is 20.8 Å². The van der Waals surface area contributed by atoms with E-state index in [4.69, 9.17) is 0 Å². The van der Waals surface area contributed by atoms with Crippen molar-refractivity contribution in [3.63, 3.8) is 0 Å².